The van der Waals surface area contributed by atoms with Gasteiger partial charge in [-0.05, 0) is 18.2 Å². The molecule has 1 aromatic carbocycles. The normalized spacial score (nSPS) is 15.1. The van der Waals surface area contributed by atoms with Crippen molar-refractivity contribution in [3.63, 3.8) is 0 Å². The van der Waals surface area contributed by atoms with Crippen LogP contribution in [0.4, 0.5) is 4.39 Å². The molecule has 3 rings (SSSR count). The molecule has 1 aromatic heterocycles. The maximum absolute atomic E-state index is 13.7. The fraction of sp³-hybridized carbons (Fsp3) is 0.368. The molecule has 1 fully saturated rings. The summed E-state index contributed by atoms with van der Waals surface area (Å²) in [5.41, 5.74) is 0.663. The number of rotatable bonds is 5. The molecular formula is C19H22FN3O3. The Labute approximate surface area is 151 Å². The van der Waals surface area contributed by atoms with E-state index in [1.165, 1.54) is 17.2 Å². The van der Waals surface area contributed by atoms with Gasteiger partial charge in [0.2, 0.25) is 5.91 Å². The Morgan fingerprint density at radius 3 is 2.50 bits per heavy atom. The van der Waals surface area contributed by atoms with E-state index in [1.54, 1.807) is 36.2 Å². The lowest BCUT2D eigenvalue weighted by Gasteiger charge is -2.35. The molecule has 0 spiro atoms. The zero-order chi connectivity index (χ0) is 18.5. The molecule has 2 heterocycles. The number of furan rings is 1. The molecule has 0 aliphatic carbocycles. The number of halogens is 1. The SMILES string of the molecule is CN(CC(=O)N1CCN(Cc2ccccc2F)CC1)C(=O)c1ccco1. The highest BCUT2D eigenvalue weighted by atomic mass is 19.1. The van der Waals surface area contributed by atoms with Crippen LogP contribution in [0.15, 0.2) is 47.1 Å². The Morgan fingerprint density at radius 2 is 1.85 bits per heavy atom. The summed E-state index contributed by atoms with van der Waals surface area (Å²) in [4.78, 5) is 29.8. The Balaban J connectivity index is 1.47. The Morgan fingerprint density at radius 1 is 1.12 bits per heavy atom. The van der Waals surface area contributed by atoms with Crippen molar-refractivity contribution in [1.82, 2.24) is 14.7 Å². The lowest BCUT2D eigenvalue weighted by molar-refractivity contribution is -0.133. The van der Waals surface area contributed by atoms with Gasteiger partial charge in [-0.1, -0.05) is 18.2 Å². The van der Waals surface area contributed by atoms with Crippen molar-refractivity contribution >= 4 is 11.8 Å². The maximum atomic E-state index is 13.7. The lowest BCUT2D eigenvalue weighted by Crippen LogP contribution is -2.51. The van der Waals surface area contributed by atoms with Gasteiger partial charge >= 0.3 is 0 Å². The number of hydrogen-bond acceptors (Lipinski definition) is 4. The highest BCUT2D eigenvalue weighted by Crippen LogP contribution is 2.12. The average molecular weight is 359 g/mol. The molecule has 26 heavy (non-hydrogen) atoms. The van der Waals surface area contributed by atoms with Crippen molar-refractivity contribution in [2.75, 3.05) is 39.8 Å². The first-order valence-corrected chi connectivity index (χ1v) is 8.57. The average Bonchev–Trinajstić information content (AvgIpc) is 3.18. The van der Waals surface area contributed by atoms with Gasteiger partial charge in [-0.15, -0.1) is 0 Å². The van der Waals surface area contributed by atoms with Crippen molar-refractivity contribution < 1.29 is 18.4 Å². The van der Waals surface area contributed by atoms with E-state index >= 15 is 0 Å². The van der Waals surface area contributed by atoms with Gasteiger partial charge in [0.1, 0.15) is 5.82 Å². The molecule has 0 N–H and O–H groups in total. The molecule has 2 aromatic rings. The number of carbonyl (C=O) groups is 2. The minimum absolute atomic E-state index is 0.00679. The summed E-state index contributed by atoms with van der Waals surface area (Å²) in [5.74, 6) is -0.404. The van der Waals surface area contributed by atoms with Crippen LogP contribution in [0.3, 0.4) is 0 Å². The van der Waals surface area contributed by atoms with E-state index in [2.05, 4.69) is 4.90 Å². The zero-order valence-corrected chi connectivity index (χ0v) is 14.7. The van der Waals surface area contributed by atoms with Gasteiger partial charge in [0.05, 0.1) is 12.8 Å². The van der Waals surface area contributed by atoms with Crippen molar-refractivity contribution in [2.24, 2.45) is 0 Å². The summed E-state index contributed by atoms with van der Waals surface area (Å²) < 4.78 is 18.8. The minimum atomic E-state index is -0.318. The zero-order valence-electron chi connectivity index (χ0n) is 14.7. The summed E-state index contributed by atoms with van der Waals surface area (Å²) in [6.45, 7) is 3.02. The maximum Gasteiger partial charge on any atom is 0.289 e. The molecule has 7 heteroatoms. The summed E-state index contributed by atoms with van der Waals surface area (Å²) >= 11 is 0. The van der Waals surface area contributed by atoms with Gasteiger partial charge in [0.15, 0.2) is 5.76 Å². The monoisotopic (exact) mass is 359 g/mol. The van der Waals surface area contributed by atoms with E-state index in [9.17, 15) is 14.0 Å². The van der Waals surface area contributed by atoms with Crippen LogP contribution in [0.5, 0.6) is 0 Å². The first-order valence-electron chi connectivity index (χ1n) is 8.57. The van der Waals surface area contributed by atoms with E-state index in [4.69, 9.17) is 4.42 Å². The van der Waals surface area contributed by atoms with Crippen LogP contribution in [0.25, 0.3) is 0 Å². The van der Waals surface area contributed by atoms with Gasteiger partial charge in [-0.3, -0.25) is 14.5 Å². The van der Waals surface area contributed by atoms with E-state index < -0.39 is 0 Å². The molecule has 1 aliphatic heterocycles. The smallest absolute Gasteiger partial charge is 0.289 e. The molecule has 0 radical (unpaired) electrons. The number of hydrogen-bond donors (Lipinski definition) is 0. The van der Waals surface area contributed by atoms with Gasteiger partial charge in [0.25, 0.3) is 5.91 Å². The molecule has 1 saturated heterocycles. The second-order valence-electron chi connectivity index (χ2n) is 6.39. The molecule has 0 atom stereocenters. The summed E-state index contributed by atoms with van der Waals surface area (Å²) in [6.07, 6.45) is 1.43. The highest BCUT2D eigenvalue weighted by Gasteiger charge is 2.24. The van der Waals surface area contributed by atoms with Crippen molar-refractivity contribution in [2.45, 2.75) is 6.54 Å². The Kier molecular flexibility index (Phi) is 5.68. The van der Waals surface area contributed by atoms with Crippen LogP contribution in [0.1, 0.15) is 16.1 Å². The molecule has 0 saturated carbocycles. The largest absolute Gasteiger partial charge is 0.459 e. The Bertz CT molecular complexity index is 755. The van der Waals surface area contributed by atoms with E-state index in [0.717, 1.165) is 0 Å². The number of benzene rings is 1. The van der Waals surface area contributed by atoms with Gasteiger partial charge in [-0.2, -0.15) is 0 Å². The molecule has 0 bridgehead atoms. The number of piperazine rings is 1. The molecule has 0 unspecified atom stereocenters. The van der Waals surface area contributed by atoms with E-state index in [0.29, 0.717) is 38.3 Å². The predicted octanol–water partition coefficient (Wildman–Crippen LogP) is 1.84. The number of likely N-dealkylation sites (N-methyl/N-ethyl adjacent to an activating group) is 1. The predicted molar refractivity (Wildman–Crippen MR) is 93.9 cm³/mol. The third-order valence-corrected chi connectivity index (χ3v) is 4.53. The standard InChI is InChI=1S/C19H22FN3O3/c1-21(19(25)17-7-4-12-26-17)14-18(24)23-10-8-22(9-11-23)13-15-5-2-3-6-16(15)20/h2-7,12H,8-11,13-14H2,1H3. The second-order valence-corrected chi connectivity index (χ2v) is 6.39. The topological polar surface area (TPSA) is 57.0 Å². The lowest BCUT2D eigenvalue weighted by atomic mass is 10.2. The third-order valence-electron chi connectivity index (χ3n) is 4.53. The van der Waals surface area contributed by atoms with Crippen LogP contribution < -0.4 is 0 Å². The van der Waals surface area contributed by atoms with Crippen LogP contribution in [-0.4, -0.2) is 66.3 Å². The molecular weight excluding hydrogens is 337 g/mol. The minimum Gasteiger partial charge on any atom is -0.459 e. The molecule has 138 valence electrons. The van der Waals surface area contributed by atoms with Crippen molar-refractivity contribution in [1.29, 1.82) is 0 Å². The summed E-state index contributed by atoms with van der Waals surface area (Å²) in [6, 6.07) is 9.95. The number of amides is 2. The van der Waals surface area contributed by atoms with Crippen LogP contribution in [0, 0.1) is 5.82 Å². The molecule has 2 amide bonds. The Hall–Kier alpha value is -2.67. The van der Waals surface area contributed by atoms with Crippen molar-refractivity contribution in [3.8, 4) is 0 Å². The van der Waals surface area contributed by atoms with Gasteiger partial charge in [-0.25, -0.2) is 4.39 Å². The quantitative estimate of drug-likeness (QED) is 0.817. The number of nitrogens with zero attached hydrogens (tertiary/aromatic N) is 3. The highest BCUT2D eigenvalue weighted by molar-refractivity contribution is 5.94. The summed E-state index contributed by atoms with van der Waals surface area (Å²) in [5, 5.41) is 0. The summed E-state index contributed by atoms with van der Waals surface area (Å²) in [7, 11) is 1.58. The number of carbonyl (C=O) groups excluding carboxylic acids is 2. The van der Waals surface area contributed by atoms with Gasteiger partial charge in [0, 0.05) is 45.3 Å². The van der Waals surface area contributed by atoms with Crippen LogP contribution >= 0.6 is 0 Å². The van der Waals surface area contributed by atoms with Crippen LogP contribution in [-0.2, 0) is 11.3 Å². The van der Waals surface area contributed by atoms with E-state index in [1.807, 2.05) is 6.07 Å². The van der Waals surface area contributed by atoms with Crippen LogP contribution in [0.2, 0.25) is 0 Å². The fourth-order valence-corrected chi connectivity index (χ4v) is 2.99. The van der Waals surface area contributed by atoms with E-state index in [-0.39, 0.29) is 29.9 Å². The first-order chi connectivity index (χ1) is 12.5. The fourth-order valence-electron chi connectivity index (χ4n) is 2.99. The van der Waals surface area contributed by atoms with Gasteiger partial charge < -0.3 is 14.2 Å². The first kappa shape index (κ1) is 18.1. The molecule has 1 aliphatic rings. The second kappa shape index (κ2) is 8.14. The third kappa shape index (κ3) is 4.29. The van der Waals surface area contributed by atoms with Crippen molar-refractivity contribution in [3.05, 3.63) is 59.8 Å². The molecule has 6 nitrogen and oxygen atoms in total.